The van der Waals surface area contributed by atoms with Crippen LogP contribution in [0.1, 0.15) is 26.2 Å². The number of aliphatic imine (C=N–C) groups is 1. The van der Waals surface area contributed by atoms with Crippen LogP contribution in [-0.2, 0) is 0 Å². The number of pyridine rings is 1. The number of hydrogen-bond donors (Lipinski definition) is 3. The van der Waals surface area contributed by atoms with E-state index in [2.05, 4.69) is 32.9 Å². The van der Waals surface area contributed by atoms with E-state index in [0.717, 1.165) is 50.7 Å². The summed E-state index contributed by atoms with van der Waals surface area (Å²) >= 11 is 0. The fraction of sp³-hybridized carbons (Fsp3) is 0.571. The van der Waals surface area contributed by atoms with E-state index in [1.807, 2.05) is 18.2 Å². The summed E-state index contributed by atoms with van der Waals surface area (Å²) in [4.78, 5) is 8.38. The fourth-order valence-corrected chi connectivity index (χ4v) is 1.60. The summed E-state index contributed by atoms with van der Waals surface area (Å²) in [5.74, 6) is 1.83. The number of nitrogens with one attached hydrogen (secondary N) is 3. The van der Waals surface area contributed by atoms with Gasteiger partial charge in [0.15, 0.2) is 5.96 Å². The molecule has 0 fully saturated rings. The van der Waals surface area contributed by atoms with Crippen LogP contribution in [0.5, 0.6) is 0 Å². The summed E-state index contributed by atoms with van der Waals surface area (Å²) in [6, 6.07) is 5.89. The van der Waals surface area contributed by atoms with Gasteiger partial charge in [0.2, 0.25) is 0 Å². The Morgan fingerprint density at radius 3 is 2.55 bits per heavy atom. The van der Waals surface area contributed by atoms with E-state index in [0.29, 0.717) is 0 Å². The first-order valence-electron chi connectivity index (χ1n) is 6.96. The van der Waals surface area contributed by atoms with Gasteiger partial charge in [-0.2, -0.15) is 0 Å². The molecule has 6 heteroatoms. The number of unbranched alkanes of at least 4 members (excludes halogenated alkanes) is 1. The first kappa shape index (κ1) is 18.9. The molecule has 0 unspecified atom stereocenters. The van der Waals surface area contributed by atoms with Crippen LogP contribution in [0.4, 0.5) is 5.82 Å². The Kier molecular flexibility index (Phi) is 12.3. The van der Waals surface area contributed by atoms with Crippen molar-refractivity contribution < 1.29 is 0 Å². The molecular formula is C14H26IN5. The van der Waals surface area contributed by atoms with Gasteiger partial charge in [0, 0.05) is 32.9 Å². The number of aromatic nitrogens is 1. The molecule has 114 valence electrons. The summed E-state index contributed by atoms with van der Waals surface area (Å²) in [6.07, 6.45) is 5.11. The molecule has 0 saturated heterocycles. The summed E-state index contributed by atoms with van der Waals surface area (Å²) in [5, 5.41) is 9.84. The Balaban J connectivity index is 0.00000361. The predicted molar refractivity (Wildman–Crippen MR) is 97.0 cm³/mol. The van der Waals surface area contributed by atoms with Gasteiger partial charge in [-0.3, -0.25) is 4.99 Å². The highest BCUT2D eigenvalue weighted by molar-refractivity contribution is 14.0. The van der Waals surface area contributed by atoms with Crippen molar-refractivity contribution in [1.29, 1.82) is 0 Å². The van der Waals surface area contributed by atoms with Gasteiger partial charge in [0.05, 0.1) is 0 Å². The number of rotatable bonds is 8. The van der Waals surface area contributed by atoms with Gasteiger partial charge in [-0.25, -0.2) is 4.98 Å². The Bertz CT molecular complexity index is 356. The summed E-state index contributed by atoms with van der Waals surface area (Å²) in [6.45, 7) is 4.98. The normalized spacial score (nSPS) is 10.6. The van der Waals surface area contributed by atoms with Gasteiger partial charge in [0.1, 0.15) is 5.82 Å². The molecule has 3 N–H and O–H groups in total. The predicted octanol–water partition coefficient (Wildman–Crippen LogP) is 2.47. The van der Waals surface area contributed by atoms with E-state index < -0.39 is 0 Å². The molecule has 0 aliphatic rings. The molecule has 0 amide bonds. The molecule has 0 bridgehead atoms. The van der Waals surface area contributed by atoms with Gasteiger partial charge in [-0.15, -0.1) is 24.0 Å². The van der Waals surface area contributed by atoms with Crippen molar-refractivity contribution in [3.8, 4) is 0 Å². The van der Waals surface area contributed by atoms with Crippen molar-refractivity contribution in [1.82, 2.24) is 15.6 Å². The van der Waals surface area contributed by atoms with Gasteiger partial charge >= 0.3 is 0 Å². The zero-order valence-corrected chi connectivity index (χ0v) is 14.7. The second kappa shape index (κ2) is 13.0. The van der Waals surface area contributed by atoms with Crippen LogP contribution in [0.25, 0.3) is 0 Å². The number of hydrogen-bond acceptors (Lipinski definition) is 3. The lowest BCUT2D eigenvalue weighted by Crippen LogP contribution is -2.38. The van der Waals surface area contributed by atoms with E-state index in [9.17, 15) is 0 Å². The molecule has 0 aliphatic heterocycles. The van der Waals surface area contributed by atoms with Gasteiger partial charge in [-0.05, 0) is 31.4 Å². The minimum absolute atomic E-state index is 0. The smallest absolute Gasteiger partial charge is 0.190 e. The van der Waals surface area contributed by atoms with Crippen molar-refractivity contribution in [3.63, 3.8) is 0 Å². The van der Waals surface area contributed by atoms with E-state index in [-0.39, 0.29) is 24.0 Å². The quantitative estimate of drug-likeness (QED) is 0.276. The lowest BCUT2D eigenvalue weighted by atomic mass is 10.3. The molecule has 5 nitrogen and oxygen atoms in total. The third kappa shape index (κ3) is 8.95. The zero-order valence-electron chi connectivity index (χ0n) is 12.4. The number of anilines is 1. The molecule has 1 heterocycles. The summed E-state index contributed by atoms with van der Waals surface area (Å²) < 4.78 is 0. The fourth-order valence-electron chi connectivity index (χ4n) is 1.60. The van der Waals surface area contributed by atoms with Crippen LogP contribution < -0.4 is 16.0 Å². The monoisotopic (exact) mass is 391 g/mol. The Morgan fingerprint density at radius 2 is 1.90 bits per heavy atom. The summed E-state index contributed by atoms with van der Waals surface area (Å²) in [5.41, 5.74) is 0. The van der Waals surface area contributed by atoms with Crippen LogP contribution in [0.15, 0.2) is 29.4 Å². The van der Waals surface area contributed by atoms with E-state index in [4.69, 9.17) is 0 Å². The lowest BCUT2D eigenvalue weighted by Gasteiger charge is -2.11. The van der Waals surface area contributed by atoms with Crippen LogP contribution in [0, 0.1) is 0 Å². The van der Waals surface area contributed by atoms with Crippen molar-refractivity contribution in [2.24, 2.45) is 4.99 Å². The Morgan fingerprint density at radius 1 is 1.15 bits per heavy atom. The zero-order chi connectivity index (χ0) is 13.8. The number of guanidine groups is 1. The van der Waals surface area contributed by atoms with Gasteiger partial charge in [0.25, 0.3) is 0 Å². The molecule has 0 spiro atoms. The van der Waals surface area contributed by atoms with Crippen LogP contribution >= 0.6 is 24.0 Å². The highest BCUT2D eigenvalue weighted by Crippen LogP contribution is 1.99. The van der Waals surface area contributed by atoms with E-state index >= 15 is 0 Å². The third-order valence-electron chi connectivity index (χ3n) is 2.63. The van der Waals surface area contributed by atoms with Crippen LogP contribution in [0.3, 0.4) is 0 Å². The van der Waals surface area contributed by atoms with E-state index in [1.54, 1.807) is 13.2 Å². The minimum atomic E-state index is 0. The molecule has 0 aromatic carbocycles. The standard InChI is InChI=1S/C14H25N5.HI/c1-3-9-18-14(15-2)19-12-7-6-11-17-13-8-4-5-10-16-13;/h4-5,8,10H,3,6-7,9,11-12H2,1-2H3,(H,16,17)(H2,15,18,19);1H. The molecule has 0 radical (unpaired) electrons. The first-order chi connectivity index (χ1) is 9.36. The first-order valence-corrected chi connectivity index (χ1v) is 6.96. The molecule has 1 rings (SSSR count). The van der Waals surface area contributed by atoms with Crippen LogP contribution in [-0.4, -0.2) is 37.6 Å². The maximum absolute atomic E-state index is 4.22. The van der Waals surface area contributed by atoms with Gasteiger partial charge < -0.3 is 16.0 Å². The minimum Gasteiger partial charge on any atom is -0.370 e. The average Bonchev–Trinajstić information content (AvgIpc) is 2.47. The molecule has 0 aliphatic carbocycles. The average molecular weight is 391 g/mol. The Hall–Kier alpha value is -1.05. The molecule has 1 aromatic rings. The Labute approximate surface area is 139 Å². The number of halogens is 1. The van der Waals surface area contributed by atoms with Crippen molar-refractivity contribution in [3.05, 3.63) is 24.4 Å². The van der Waals surface area contributed by atoms with Crippen molar-refractivity contribution in [2.75, 3.05) is 32.0 Å². The van der Waals surface area contributed by atoms with Crippen molar-refractivity contribution >= 4 is 35.8 Å². The molecule has 1 aromatic heterocycles. The molecular weight excluding hydrogens is 365 g/mol. The van der Waals surface area contributed by atoms with E-state index in [1.165, 1.54) is 0 Å². The van der Waals surface area contributed by atoms with Gasteiger partial charge in [-0.1, -0.05) is 13.0 Å². The van der Waals surface area contributed by atoms with Crippen molar-refractivity contribution in [2.45, 2.75) is 26.2 Å². The molecule has 20 heavy (non-hydrogen) atoms. The summed E-state index contributed by atoms with van der Waals surface area (Å²) in [7, 11) is 1.80. The maximum atomic E-state index is 4.22. The molecule has 0 saturated carbocycles. The third-order valence-corrected chi connectivity index (χ3v) is 2.63. The second-order valence-corrected chi connectivity index (χ2v) is 4.27. The van der Waals surface area contributed by atoms with Crippen LogP contribution in [0.2, 0.25) is 0 Å². The maximum Gasteiger partial charge on any atom is 0.190 e. The topological polar surface area (TPSA) is 61.3 Å². The number of nitrogens with zero attached hydrogens (tertiary/aromatic N) is 2. The highest BCUT2D eigenvalue weighted by Gasteiger charge is 1.95. The SMILES string of the molecule is CCCNC(=NC)NCCCCNc1ccccn1.I. The molecule has 0 atom stereocenters. The highest BCUT2D eigenvalue weighted by atomic mass is 127. The second-order valence-electron chi connectivity index (χ2n) is 4.27. The largest absolute Gasteiger partial charge is 0.370 e. The lowest BCUT2D eigenvalue weighted by molar-refractivity contribution is 0.708.